The molecule has 0 bridgehead atoms. The Kier molecular flexibility index (Phi) is 16.3. The van der Waals surface area contributed by atoms with Gasteiger partial charge in [-0.1, -0.05) is 146 Å². The zero-order valence-electron chi connectivity index (χ0n) is 20.1. The minimum Gasteiger partial charge on any atom is -0.479 e. The zero-order valence-corrected chi connectivity index (χ0v) is 20.1. The quantitative estimate of drug-likeness (QED) is 0.192. The van der Waals surface area contributed by atoms with Crippen molar-refractivity contribution in [3.63, 3.8) is 0 Å². The van der Waals surface area contributed by atoms with Crippen LogP contribution in [0.3, 0.4) is 0 Å². The normalized spacial score (nSPS) is 13.2. The Morgan fingerprint density at radius 2 is 1.00 bits per heavy atom. The second-order valence-corrected chi connectivity index (χ2v) is 9.29. The minimum atomic E-state index is -1.75. The van der Waals surface area contributed by atoms with E-state index in [1.54, 1.807) is 24.3 Å². The van der Waals surface area contributed by atoms with Crippen LogP contribution in [0.4, 0.5) is 0 Å². The van der Waals surface area contributed by atoms with Crippen LogP contribution in [-0.4, -0.2) is 16.2 Å². The first-order chi connectivity index (χ1) is 15.1. The molecule has 0 aliphatic rings. The number of hydrogen-bond acceptors (Lipinski definition) is 2. The van der Waals surface area contributed by atoms with Crippen LogP contribution in [0.15, 0.2) is 30.3 Å². The second kappa shape index (κ2) is 18.2. The highest BCUT2D eigenvalue weighted by Gasteiger charge is 2.37. The lowest BCUT2D eigenvalue weighted by molar-refractivity contribution is -0.160. The van der Waals surface area contributed by atoms with E-state index in [1.807, 2.05) is 6.07 Å². The van der Waals surface area contributed by atoms with Gasteiger partial charge in [0.2, 0.25) is 0 Å². The Labute approximate surface area is 191 Å². The van der Waals surface area contributed by atoms with Gasteiger partial charge in [-0.25, -0.2) is 4.79 Å². The largest absolute Gasteiger partial charge is 0.479 e. The Hall–Kier alpha value is -1.35. The number of rotatable bonds is 21. The number of carboxylic acids is 1. The van der Waals surface area contributed by atoms with E-state index in [2.05, 4.69) is 6.92 Å². The fourth-order valence-electron chi connectivity index (χ4n) is 4.37. The van der Waals surface area contributed by atoms with Crippen molar-refractivity contribution in [3.8, 4) is 0 Å². The molecule has 3 nitrogen and oxygen atoms in total. The van der Waals surface area contributed by atoms with Gasteiger partial charge in [-0.05, 0) is 18.4 Å². The first kappa shape index (κ1) is 27.7. The van der Waals surface area contributed by atoms with Gasteiger partial charge in [-0.15, -0.1) is 0 Å². The van der Waals surface area contributed by atoms with Crippen molar-refractivity contribution in [2.75, 3.05) is 0 Å². The third-order valence-electron chi connectivity index (χ3n) is 6.50. The topological polar surface area (TPSA) is 57.5 Å². The summed E-state index contributed by atoms with van der Waals surface area (Å²) < 4.78 is 0. The number of aliphatic hydroxyl groups is 1. The highest BCUT2D eigenvalue weighted by atomic mass is 16.4. The molecule has 1 aromatic carbocycles. The van der Waals surface area contributed by atoms with Crippen LogP contribution in [0.5, 0.6) is 0 Å². The van der Waals surface area contributed by atoms with E-state index in [1.165, 1.54) is 96.3 Å². The number of aliphatic carboxylic acids is 1. The first-order valence-corrected chi connectivity index (χ1v) is 13.1. The molecule has 0 aliphatic carbocycles. The lowest BCUT2D eigenvalue weighted by atomic mass is 9.88. The molecule has 0 spiro atoms. The molecular weight excluding hydrogens is 384 g/mol. The molecule has 1 atom stereocenters. The van der Waals surface area contributed by atoms with Crippen molar-refractivity contribution in [2.24, 2.45) is 0 Å². The van der Waals surface area contributed by atoms with Crippen LogP contribution >= 0.6 is 0 Å². The number of unbranched alkanes of at least 4 members (excludes halogenated alkanes) is 17. The summed E-state index contributed by atoms with van der Waals surface area (Å²) in [5.41, 5.74) is -1.27. The molecule has 0 radical (unpaired) electrons. The Morgan fingerprint density at radius 3 is 1.35 bits per heavy atom. The van der Waals surface area contributed by atoms with E-state index in [0.717, 1.165) is 19.3 Å². The molecule has 0 amide bonds. The van der Waals surface area contributed by atoms with Crippen molar-refractivity contribution in [1.29, 1.82) is 0 Å². The van der Waals surface area contributed by atoms with Gasteiger partial charge in [0.25, 0.3) is 0 Å². The third kappa shape index (κ3) is 12.9. The maximum Gasteiger partial charge on any atom is 0.340 e. The number of carboxylic acid groups (broad SMARTS) is 1. The average molecular weight is 433 g/mol. The molecule has 0 saturated carbocycles. The molecule has 0 fully saturated rings. The summed E-state index contributed by atoms with van der Waals surface area (Å²) in [5.74, 6) is -1.15. The van der Waals surface area contributed by atoms with E-state index in [-0.39, 0.29) is 6.42 Å². The average Bonchev–Trinajstić information content (AvgIpc) is 2.78. The molecule has 0 aliphatic heterocycles. The predicted molar refractivity (Wildman–Crippen MR) is 131 cm³/mol. The molecule has 0 aromatic heterocycles. The summed E-state index contributed by atoms with van der Waals surface area (Å²) in [5, 5.41) is 20.1. The van der Waals surface area contributed by atoms with Gasteiger partial charge in [0.15, 0.2) is 5.60 Å². The predicted octanol–water partition coefficient (Wildman–Crippen LogP) is 8.39. The SMILES string of the molecule is CCCCCCCCCCCCCCCCCCCCC(O)(C(=O)O)c1ccccc1. The molecule has 1 aromatic rings. The van der Waals surface area contributed by atoms with E-state index < -0.39 is 11.6 Å². The molecule has 31 heavy (non-hydrogen) atoms. The van der Waals surface area contributed by atoms with E-state index in [0.29, 0.717) is 5.56 Å². The highest BCUT2D eigenvalue weighted by molar-refractivity contribution is 5.79. The van der Waals surface area contributed by atoms with Crippen molar-refractivity contribution < 1.29 is 15.0 Å². The Bertz CT molecular complexity index is 542. The van der Waals surface area contributed by atoms with Crippen molar-refractivity contribution in [2.45, 2.75) is 135 Å². The summed E-state index contributed by atoms with van der Waals surface area (Å²) in [7, 11) is 0. The molecule has 0 saturated heterocycles. The Balaban J connectivity index is 1.91. The lowest BCUT2D eigenvalue weighted by Crippen LogP contribution is -2.35. The van der Waals surface area contributed by atoms with Gasteiger partial charge in [0.05, 0.1) is 0 Å². The number of carbonyl (C=O) groups is 1. The highest BCUT2D eigenvalue weighted by Crippen LogP contribution is 2.28. The van der Waals surface area contributed by atoms with Gasteiger partial charge >= 0.3 is 5.97 Å². The molecule has 2 N–H and O–H groups in total. The zero-order chi connectivity index (χ0) is 22.6. The lowest BCUT2D eigenvalue weighted by Gasteiger charge is -2.23. The fraction of sp³-hybridized carbons (Fsp3) is 0.750. The standard InChI is InChI=1S/C28H48O3/c1-2-3-4-5-6-7-8-9-10-11-12-13-14-15-16-17-18-22-25-28(31,27(29)30)26-23-20-19-21-24-26/h19-21,23-24,31H,2-18,22,25H2,1H3,(H,29,30). The van der Waals surface area contributed by atoms with Gasteiger partial charge in [-0.3, -0.25) is 0 Å². The summed E-state index contributed by atoms with van der Waals surface area (Å²) in [6, 6.07) is 8.78. The van der Waals surface area contributed by atoms with E-state index in [9.17, 15) is 15.0 Å². The van der Waals surface area contributed by atoms with Crippen LogP contribution in [0.2, 0.25) is 0 Å². The maximum atomic E-state index is 11.6. The molecule has 0 heterocycles. The number of benzene rings is 1. The molecular formula is C28H48O3. The third-order valence-corrected chi connectivity index (χ3v) is 6.50. The van der Waals surface area contributed by atoms with Crippen LogP contribution in [0, 0.1) is 0 Å². The van der Waals surface area contributed by atoms with E-state index >= 15 is 0 Å². The van der Waals surface area contributed by atoms with Crippen LogP contribution in [0.1, 0.15) is 134 Å². The van der Waals surface area contributed by atoms with Gasteiger partial charge in [0.1, 0.15) is 0 Å². The van der Waals surface area contributed by atoms with Crippen LogP contribution in [0.25, 0.3) is 0 Å². The van der Waals surface area contributed by atoms with Crippen LogP contribution < -0.4 is 0 Å². The molecule has 1 rings (SSSR count). The summed E-state index contributed by atoms with van der Waals surface area (Å²) in [6.45, 7) is 2.28. The fourth-order valence-corrected chi connectivity index (χ4v) is 4.37. The summed E-state index contributed by atoms with van der Waals surface area (Å²) in [6.07, 6.45) is 23.8. The van der Waals surface area contributed by atoms with Crippen molar-refractivity contribution in [3.05, 3.63) is 35.9 Å². The molecule has 3 heteroatoms. The van der Waals surface area contributed by atoms with Gasteiger partial charge in [-0.2, -0.15) is 0 Å². The Morgan fingerprint density at radius 1 is 0.645 bits per heavy atom. The first-order valence-electron chi connectivity index (χ1n) is 13.1. The van der Waals surface area contributed by atoms with E-state index in [4.69, 9.17) is 0 Å². The number of hydrogen-bond donors (Lipinski definition) is 2. The molecule has 178 valence electrons. The monoisotopic (exact) mass is 432 g/mol. The summed E-state index contributed by atoms with van der Waals surface area (Å²) >= 11 is 0. The van der Waals surface area contributed by atoms with Gasteiger partial charge in [0, 0.05) is 0 Å². The van der Waals surface area contributed by atoms with Crippen molar-refractivity contribution >= 4 is 5.97 Å². The maximum absolute atomic E-state index is 11.6. The summed E-state index contributed by atoms with van der Waals surface area (Å²) in [4.78, 5) is 11.6. The van der Waals surface area contributed by atoms with Gasteiger partial charge < -0.3 is 10.2 Å². The van der Waals surface area contributed by atoms with Crippen molar-refractivity contribution in [1.82, 2.24) is 0 Å². The van der Waals surface area contributed by atoms with Crippen LogP contribution in [-0.2, 0) is 10.4 Å². The second-order valence-electron chi connectivity index (χ2n) is 9.29. The minimum absolute atomic E-state index is 0.283. The smallest absolute Gasteiger partial charge is 0.340 e. The molecule has 1 unspecified atom stereocenters.